The Morgan fingerprint density at radius 3 is 2.45 bits per heavy atom. The van der Waals surface area contributed by atoms with Crippen LogP contribution in [-0.4, -0.2) is 0 Å². The van der Waals surface area contributed by atoms with Crippen molar-refractivity contribution >= 4 is 32.4 Å². The summed E-state index contributed by atoms with van der Waals surface area (Å²) < 4.78 is 6.57. The van der Waals surface area contributed by atoms with Crippen LogP contribution < -0.4 is 5.63 Å². The third-order valence-corrected chi connectivity index (χ3v) is 4.48. The van der Waals surface area contributed by atoms with Gasteiger partial charge in [-0.25, -0.2) is 4.79 Å². The van der Waals surface area contributed by atoms with Gasteiger partial charge in [-0.15, -0.1) is 11.3 Å². The predicted molar refractivity (Wildman–Crippen MR) is 83.3 cm³/mol. The van der Waals surface area contributed by atoms with Crippen LogP contribution in [0.1, 0.15) is 0 Å². The molecule has 0 radical (unpaired) electrons. The number of hydrogen-bond acceptors (Lipinski definition) is 3. The minimum Gasteiger partial charge on any atom is -0.422 e. The van der Waals surface area contributed by atoms with E-state index in [0.717, 1.165) is 15.6 Å². The summed E-state index contributed by atoms with van der Waals surface area (Å²) in [5.74, 6) is 0. The van der Waals surface area contributed by atoms with Gasteiger partial charge in [0.1, 0.15) is 5.58 Å². The van der Waals surface area contributed by atoms with E-state index in [1.165, 1.54) is 4.70 Å². The Morgan fingerprint density at radius 1 is 0.850 bits per heavy atom. The first-order valence-corrected chi connectivity index (χ1v) is 7.15. The van der Waals surface area contributed by atoms with E-state index >= 15 is 0 Å². The second-order valence-corrected chi connectivity index (χ2v) is 5.72. The fourth-order valence-electron chi connectivity index (χ4n) is 2.35. The molecule has 2 aromatic carbocycles. The third kappa shape index (κ3) is 1.75. The van der Waals surface area contributed by atoms with Crippen molar-refractivity contribution in [2.75, 3.05) is 0 Å². The number of rotatable bonds is 1. The maximum Gasteiger partial charge on any atom is 0.345 e. The monoisotopic (exact) mass is 278 g/mol. The van der Waals surface area contributed by atoms with E-state index < -0.39 is 0 Å². The second-order valence-electron chi connectivity index (χ2n) is 4.63. The Morgan fingerprint density at radius 2 is 1.60 bits per heavy atom. The molecule has 0 saturated heterocycles. The highest BCUT2D eigenvalue weighted by Gasteiger charge is 2.10. The first-order valence-electron chi connectivity index (χ1n) is 6.33. The molecule has 0 saturated carbocycles. The highest BCUT2D eigenvalue weighted by molar-refractivity contribution is 7.22. The molecule has 0 fully saturated rings. The van der Waals surface area contributed by atoms with Crippen molar-refractivity contribution in [3.8, 4) is 10.4 Å². The first kappa shape index (κ1) is 11.4. The Labute approximate surface area is 118 Å². The lowest BCUT2D eigenvalue weighted by atomic mass is 10.1. The SMILES string of the molecule is O=c1oc2ccccc2cc1-c1cc2ccccc2s1. The molecule has 0 aliphatic rings. The van der Waals surface area contributed by atoms with Crippen molar-refractivity contribution in [1.29, 1.82) is 0 Å². The van der Waals surface area contributed by atoms with E-state index in [1.54, 1.807) is 11.3 Å². The molecular formula is C17H10O2S. The lowest BCUT2D eigenvalue weighted by Crippen LogP contribution is -2.01. The summed E-state index contributed by atoms with van der Waals surface area (Å²) in [6.07, 6.45) is 0. The van der Waals surface area contributed by atoms with E-state index in [9.17, 15) is 4.79 Å². The summed E-state index contributed by atoms with van der Waals surface area (Å²) in [6, 6.07) is 19.6. The number of benzene rings is 2. The molecule has 3 heteroatoms. The lowest BCUT2D eigenvalue weighted by Gasteiger charge is -1.99. The van der Waals surface area contributed by atoms with E-state index in [0.29, 0.717) is 11.1 Å². The maximum absolute atomic E-state index is 12.2. The lowest BCUT2D eigenvalue weighted by molar-refractivity contribution is 0.564. The van der Waals surface area contributed by atoms with Crippen molar-refractivity contribution in [2.45, 2.75) is 0 Å². The van der Waals surface area contributed by atoms with E-state index in [-0.39, 0.29) is 5.63 Å². The zero-order valence-electron chi connectivity index (χ0n) is 10.5. The van der Waals surface area contributed by atoms with E-state index in [1.807, 2.05) is 48.5 Å². The minimum atomic E-state index is -0.282. The molecule has 2 aromatic heterocycles. The number of thiophene rings is 1. The van der Waals surface area contributed by atoms with Gasteiger partial charge in [0.05, 0.1) is 5.56 Å². The van der Waals surface area contributed by atoms with Crippen molar-refractivity contribution in [2.24, 2.45) is 0 Å². The molecule has 4 rings (SSSR count). The van der Waals surface area contributed by atoms with Crippen LogP contribution in [-0.2, 0) is 0 Å². The standard InChI is InChI=1S/C17H10O2S/c18-17-13(9-11-5-1-3-7-14(11)19-17)16-10-12-6-2-4-8-15(12)20-16/h1-10H. The summed E-state index contributed by atoms with van der Waals surface area (Å²) in [7, 11) is 0. The van der Waals surface area contributed by atoms with Gasteiger partial charge in [-0.05, 0) is 29.7 Å². The molecule has 0 unspecified atom stereocenters. The fourth-order valence-corrected chi connectivity index (χ4v) is 3.41. The van der Waals surface area contributed by atoms with Crippen LogP contribution in [0.5, 0.6) is 0 Å². The predicted octanol–water partition coefficient (Wildman–Crippen LogP) is 4.67. The summed E-state index contributed by atoms with van der Waals surface area (Å²) in [5, 5.41) is 2.10. The van der Waals surface area contributed by atoms with Crippen molar-refractivity contribution < 1.29 is 4.42 Å². The molecule has 4 aromatic rings. The Hall–Kier alpha value is -2.39. The quantitative estimate of drug-likeness (QED) is 0.473. The molecule has 0 spiro atoms. The molecule has 2 heterocycles. The van der Waals surface area contributed by atoms with E-state index in [2.05, 4.69) is 12.1 Å². The van der Waals surface area contributed by atoms with Crippen LogP contribution in [0.2, 0.25) is 0 Å². The summed E-state index contributed by atoms with van der Waals surface area (Å²) in [5.41, 5.74) is 0.975. The molecule has 0 aliphatic heterocycles. The molecule has 0 N–H and O–H groups in total. The Balaban J connectivity index is 2.01. The van der Waals surface area contributed by atoms with Crippen molar-refractivity contribution in [1.82, 2.24) is 0 Å². The van der Waals surface area contributed by atoms with Gasteiger partial charge < -0.3 is 4.42 Å². The van der Waals surface area contributed by atoms with Crippen LogP contribution in [0.25, 0.3) is 31.5 Å². The van der Waals surface area contributed by atoms with Crippen LogP contribution in [0, 0.1) is 0 Å². The average Bonchev–Trinajstić information content (AvgIpc) is 2.90. The maximum atomic E-state index is 12.2. The van der Waals surface area contributed by atoms with Gasteiger partial charge in [-0.2, -0.15) is 0 Å². The smallest absolute Gasteiger partial charge is 0.345 e. The number of fused-ring (bicyclic) bond motifs is 2. The van der Waals surface area contributed by atoms with Gasteiger partial charge in [-0.1, -0.05) is 36.4 Å². The number of hydrogen-bond donors (Lipinski definition) is 0. The Bertz CT molecular complexity index is 946. The molecule has 0 bridgehead atoms. The van der Waals surface area contributed by atoms with Gasteiger partial charge in [0.25, 0.3) is 0 Å². The molecule has 0 atom stereocenters. The molecule has 96 valence electrons. The van der Waals surface area contributed by atoms with Gasteiger partial charge in [0.2, 0.25) is 0 Å². The van der Waals surface area contributed by atoms with Crippen LogP contribution in [0.15, 0.2) is 69.9 Å². The zero-order valence-corrected chi connectivity index (χ0v) is 11.3. The van der Waals surface area contributed by atoms with E-state index in [4.69, 9.17) is 4.42 Å². The summed E-state index contributed by atoms with van der Waals surface area (Å²) >= 11 is 1.61. The number of para-hydroxylation sites is 1. The molecule has 0 aliphatic carbocycles. The molecule has 0 amide bonds. The molecular weight excluding hydrogens is 268 g/mol. The average molecular weight is 278 g/mol. The highest BCUT2D eigenvalue weighted by Crippen LogP contribution is 2.32. The molecule has 20 heavy (non-hydrogen) atoms. The van der Waals surface area contributed by atoms with Crippen molar-refractivity contribution in [3.05, 3.63) is 71.1 Å². The van der Waals surface area contributed by atoms with Crippen LogP contribution in [0.3, 0.4) is 0 Å². The zero-order chi connectivity index (χ0) is 13.5. The van der Waals surface area contributed by atoms with Gasteiger partial charge >= 0.3 is 5.63 Å². The van der Waals surface area contributed by atoms with Crippen molar-refractivity contribution in [3.63, 3.8) is 0 Å². The van der Waals surface area contributed by atoms with Crippen LogP contribution in [0.4, 0.5) is 0 Å². The third-order valence-electron chi connectivity index (χ3n) is 3.33. The highest BCUT2D eigenvalue weighted by atomic mass is 32.1. The summed E-state index contributed by atoms with van der Waals surface area (Å²) in [6.45, 7) is 0. The van der Waals surface area contributed by atoms with Gasteiger partial charge in [-0.3, -0.25) is 0 Å². The first-order chi connectivity index (χ1) is 9.81. The summed E-state index contributed by atoms with van der Waals surface area (Å²) in [4.78, 5) is 13.1. The van der Waals surface area contributed by atoms with Crippen LogP contribution >= 0.6 is 11.3 Å². The minimum absolute atomic E-state index is 0.282. The topological polar surface area (TPSA) is 30.2 Å². The molecule has 2 nitrogen and oxygen atoms in total. The fraction of sp³-hybridized carbons (Fsp3) is 0. The van der Waals surface area contributed by atoms with Gasteiger partial charge in [0.15, 0.2) is 0 Å². The second kappa shape index (κ2) is 4.32. The largest absolute Gasteiger partial charge is 0.422 e. The Kier molecular flexibility index (Phi) is 2.47. The van der Waals surface area contributed by atoms with Gasteiger partial charge in [0, 0.05) is 15.0 Å². The normalized spacial score (nSPS) is 11.2.